The van der Waals surface area contributed by atoms with Crippen molar-refractivity contribution in [1.82, 2.24) is 9.97 Å². The summed E-state index contributed by atoms with van der Waals surface area (Å²) in [6.45, 7) is 0. The molecule has 0 unspecified atom stereocenters. The van der Waals surface area contributed by atoms with Crippen LogP contribution in [0.2, 0.25) is 0 Å². The van der Waals surface area contributed by atoms with Crippen LogP contribution in [0.15, 0.2) is 170 Å². The Morgan fingerprint density at radius 3 is 2.08 bits per heavy atom. The number of rotatable bonds is 3. The summed E-state index contributed by atoms with van der Waals surface area (Å²) in [5.41, 5.74) is 7.00. The molecule has 1 aliphatic heterocycles. The van der Waals surface area contributed by atoms with Crippen molar-refractivity contribution in [2.75, 3.05) is 10.0 Å². The van der Waals surface area contributed by atoms with E-state index in [0.717, 1.165) is 59.8 Å². The molecule has 0 N–H and O–H groups in total. The van der Waals surface area contributed by atoms with Crippen LogP contribution in [-0.4, -0.2) is 9.97 Å². The Bertz CT molecular complexity index is 3140. The number of hydrogen-bond donors (Lipinski definition) is 0. The van der Waals surface area contributed by atoms with Crippen molar-refractivity contribution in [1.29, 1.82) is 0 Å². The molecule has 4 nitrogen and oxygen atoms in total. The second-order valence-corrected chi connectivity index (χ2v) is 13.8. The van der Waals surface area contributed by atoms with Gasteiger partial charge >= 0.3 is 0 Å². The van der Waals surface area contributed by atoms with E-state index in [-0.39, 0.29) is 0 Å². The summed E-state index contributed by atoms with van der Waals surface area (Å²) in [5, 5.41) is 12.1. The van der Waals surface area contributed by atoms with Crippen LogP contribution in [0.4, 0.5) is 23.0 Å². The number of nitrogens with zero attached hydrogens (tertiary/aromatic N) is 4. The molecule has 0 fully saturated rings. The predicted octanol–water partition coefficient (Wildman–Crippen LogP) is 12.8. The van der Waals surface area contributed by atoms with Gasteiger partial charge in [-0.1, -0.05) is 140 Å². The summed E-state index contributed by atoms with van der Waals surface area (Å²) < 4.78 is 20.6. The Morgan fingerprint density at radius 1 is 0.510 bits per heavy atom. The van der Waals surface area contributed by atoms with Crippen molar-refractivity contribution in [2.45, 2.75) is 0 Å². The molecule has 0 aliphatic carbocycles. The molecule has 0 saturated heterocycles. The molecule has 3 heterocycles. The largest absolute Gasteiger partial charge is 0.251 e. The molecule has 0 amide bonds. The van der Waals surface area contributed by atoms with Crippen molar-refractivity contribution < 1.29 is 2.74 Å². The molecule has 8 aromatic carbocycles. The number of aromatic nitrogens is 2. The molecule has 1 aliphatic rings. The molecular weight excluding hydrogens is 641 g/mol. The minimum atomic E-state index is 0.381. The Hall–Kier alpha value is -6.56. The number of hydrogen-bond acceptors (Lipinski definition) is 5. The summed E-state index contributed by atoms with van der Waals surface area (Å²) in [6.07, 6.45) is 0. The second-order valence-electron chi connectivity index (χ2n) is 12.8. The zero-order valence-corrected chi connectivity index (χ0v) is 28.0. The molecule has 0 atom stereocenters. The van der Waals surface area contributed by atoms with E-state index in [1.165, 1.54) is 20.9 Å². The molecule has 0 radical (unpaired) electrons. The highest BCUT2D eigenvalue weighted by Gasteiger charge is 2.38. The first kappa shape index (κ1) is 26.3. The number of anilines is 4. The summed E-state index contributed by atoms with van der Waals surface area (Å²) in [6, 6.07) is 54.4. The average molecular weight is 671 g/mol. The maximum atomic E-state index is 9.33. The number of fused-ring (bicyclic) bond motifs is 13. The fraction of sp³-hybridized carbons (Fsp3) is 0. The van der Waals surface area contributed by atoms with Crippen LogP contribution >= 0.6 is 11.3 Å². The molecular formula is C46H28N4S. The summed E-state index contributed by atoms with van der Waals surface area (Å²) >= 11 is 1.78. The third kappa shape index (κ3) is 4.13. The van der Waals surface area contributed by atoms with Crippen LogP contribution in [0.5, 0.6) is 0 Å². The van der Waals surface area contributed by atoms with Crippen LogP contribution in [-0.2, 0) is 0 Å². The summed E-state index contributed by atoms with van der Waals surface area (Å²) in [7, 11) is 0. The third-order valence-corrected chi connectivity index (χ3v) is 11.2. The average Bonchev–Trinajstić information content (AvgIpc) is 3.60. The minimum Gasteiger partial charge on any atom is -0.246 e. The molecule has 0 saturated carbocycles. The molecule has 11 rings (SSSR count). The maximum Gasteiger partial charge on any atom is 0.251 e. The van der Waals surface area contributed by atoms with Crippen LogP contribution in [0.1, 0.15) is 2.74 Å². The third-order valence-electron chi connectivity index (χ3n) is 9.98. The van der Waals surface area contributed by atoms with Crippen LogP contribution in [0.25, 0.3) is 75.0 Å². The summed E-state index contributed by atoms with van der Waals surface area (Å²) in [4.78, 5) is 10.8. The standard InChI is InChI=1S/C46H28N4S/c1-3-16-30(17-4-1)43-35-23-11-13-25-37(35)47-46(48-43)50-44-42(34-22-10-9-21-33(34)40-36-24-12-14-26-39(36)51-45(40)44)41-32-20-8-7-15-29(32)27-28-38(41)49(50)31-18-5-2-6-19-31/h1-28H/i16D,18D. The smallest absolute Gasteiger partial charge is 0.246 e. The van der Waals surface area contributed by atoms with E-state index in [1.807, 2.05) is 66.7 Å². The minimum absolute atomic E-state index is 0.381. The van der Waals surface area contributed by atoms with Crippen LogP contribution in [0, 0.1) is 0 Å². The van der Waals surface area contributed by atoms with Gasteiger partial charge in [0.05, 0.1) is 35.7 Å². The lowest BCUT2D eigenvalue weighted by Gasteiger charge is -2.43. The van der Waals surface area contributed by atoms with Crippen molar-refractivity contribution in [3.05, 3.63) is 170 Å². The Morgan fingerprint density at radius 2 is 1.22 bits per heavy atom. The number of para-hydroxylation sites is 2. The van der Waals surface area contributed by atoms with Gasteiger partial charge in [-0.3, -0.25) is 0 Å². The van der Waals surface area contributed by atoms with Gasteiger partial charge in [0, 0.05) is 37.5 Å². The van der Waals surface area contributed by atoms with E-state index in [1.54, 1.807) is 17.4 Å². The van der Waals surface area contributed by atoms with Gasteiger partial charge in [0.1, 0.15) is 0 Å². The lowest BCUT2D eigenvalue weighted by molar-refractivity contribution is 0.933. The van der Waals surface area contributed by atoms with Crippen LogP contribution < -0.4 is 10.0 Å². The van der Waals surface area contributed by atoms with Gasteiger partial charge in [-0.25, -0.2) is 20.0 Å². The molecule has 0 spiro atoms. The number of hydrazine groups is 1. The topological polar surface area (TPSA) is 32.3 Å². The molecule has 10 aromatic rings. The van der Waals surface area contributed by atoms with Gasteiger partial charge in [-0.05, 0) is 51.9 Å². The predicted molar refractivity (Wildman–Crippen MR) is 215 cm³/mol. The monoisotopic (exact) mass is 670 g/mol. The van der Waals surface area contributed by atoms with Gasteiger partial charge in [-0.15, -0.1) is 11.3 Å². The number of thiophene rings is 1. The van der Waals surface area contributed by atoms with Crippen molar-refractivity contribution in [2.24, 2.45) is 0 Å². The molecule has 0 bridgehead atoms. The molecule has 51 heavy (non-hydrogen) atoms. The van der Waals surface area contributed by atoms with Gasteiger partial charge in [-0.2, -0.15) is 0 Å². The first-order chi connectivity index (χ1) is 26.2. The fourth-order valence-electron chi connectivity index (χ4n) is 7.85. The highest BCUT2D eigenvalue weighted by molar-refractivity contribution is 7.26. The van der Waals surface area contributed by atoms with Crippen molar-refractivity contribution in [3.63, 3.8) is 0 Å². The lowest BCUT2D eigenvalue weighted by atomic mass is 9.87. The molecule has 2 aromatic heterocycles. The number of benzene rings is 8. The fourth-order valence-corrected chi connectivity index (χ4v) is 9.10. The zero-order chi connectivity index (χ0) is 35.2. The van der Waals surface area contributed by atoms with E-state index < -0.39 is 0 Å². The zero-order valence-electron chi connectivity index (χ0n) is 29.2. The van der Waals surface area contributed by atoms with Gasteiger partial charge in [0.25, 0.3) is 5.95 Å². The quantitative estimate of drug-likeness (QED) is 0.187. The highest BCUT2D eigenvalue weighted by Crippen LogP contribution is 2.58. The maximum absolute atomic E-state index is 9.33. The van der Waals surface area contributed by atoms with Crippen molar-refractivity contribution in [3.8, 4) is 22.4 Å². The Labute approximate surface area is 300 Å². The Balaban J connectivity index is 1.38. The SMILES string of the molecule is [2H]c1ccccc1-c1nc(N2c3c(c4ccccc4c4c3sc3ccccc34)-c3c(ccc4ccccc34)N2c2ccccc2[2H])nc2ccccc12. The normalized spacial score (nSPS) is 13.2. The van der Waals surface area contributed by atoms with E-state index in [2.05, 4.69) is 94.9 Å². The first-order valence-electron chi connectivity index (χ1n) is 18.0. The highest BCUT2D eigenvalue weighted by atomic mass is 32.1. The van der Waals surface area contributed by atoms with Crippen molar-refractivity contribution >= 4 is 87.0 Å². The van der Waals surface area contributed by atoms with Gasteiger partial charge < -0.3 is 0 Å². The lowest BCUT2D eigenvalue weighted by Crippen LogP contribution is -2.40. The Kier molecular flexibility index (Phi) is 5.66. The molecule has 5 heteroatoms. The van der Waals surface area contributed by atoms with E-state index in [9.17, 15) is 1.37 Å². The van der Waals surface area contributed by atoms with E-state index in [4.69, 9.17) is 11.3 Å². The van der Waals surface area contributed by atoms with Gasteiger partial charge in [0.2, 0.25) is 0 Å². The molecule has 238 valence electrons. The van der Waals surface area contributed by atoms with E-state index >= 15 is 0 Å². The second kappa shape index (κ2) is 11.0. The van der Waals surface area contributed by atoms with E-state index in [0.29, 0.717) is 29.4 Å². The van der Waals surface area contributed by atoms with Crippen LogP contribution in [0.3, 0.4) is 0 Å². The summed E-state index contributed by atoms with van der Waals surface area (Å²) in [5.74, 6) is 0.458. The van der Waals surface area contributed by atoms with Gasteiger partial charge in [0.15, 0.2) is 0 Å². The first-order valence-corrected chi connectivity index (χ1v) is 17.8.